The van der Waals surface area contributed by atoms with Crippen LogP contribution >= 0.6 is 11.8 Å². The van der Waals surface area contributed by atoms with Crippen molar-refractivity contribution in [2.75, 3.05) is 5.75 Å². The van der Waals surface area contributed by atoms with Crippen LogP contribution in [0.4, 0.5) is 0 Å². The van der Waals surface area contributed by atoms with E-state index in [2.05, 4.69) is 22.1 Å². The second-order valence-electron chi connectivity index (χ2n) is 8.28. The van der Waals surface area contributed by atoms with E-state index in [1.807, 2.05) is 32.9 Å². The highest BCUT2D eigenvalue weighted by Gasteiger charge is 2.67. The SMILES string of the molecule is Cc1cc(C)c(C2C(=O)[C@H]3[C@@H]4C=C[C@@](CSc5cnccn5)(O4)[C@H]3C2=O)c(C)c1. The van der Waals surface area contributed by atoms with Gasteiger partial charge < -0.3 is 4.74 Å². The highest BCUT2D eigenvalue weighted by Crippen LogP contribution is 2.56. The predicted octanol–water partition coefficient (Wildman–Crippen LogP) is 3.37. The molecule has 3 aliphatic rings. The van der Waals surface area contributed by atoms with Crippen LogP contribution in [0.15, 0.2) is 47.9 Å². The van der Waals surface area contributed by atoms with Gasteiger partial charge in [0.15, 0.2) is 11.6 Å². The number of aryl methyl sites for hydroxylation is 3. The van der Waals surface area contributed by atoms with Crippen LogP contribution < -0.4 is 0 Å². The highest BCUT2D eigenvalue weighted by atomic mass is 32.2. The Labute approximate surface area is 174 Å². The van der Waals surface area contributed by atoms with Crippen molar-refractivity contribution in [2.24, 2.45) is 11.8 Å². The third kappa shape index (κ3) is 2.73. The lowest BCUT2D eigenvalue weighted by atomic mass is 9.78. The van der Waals surface area contributed by atoms with Gasteiger partial charge in [-0.05, 0) is 37.5 Å². The minimum atomic E-state index is -0.745. The number of rotatable bonds is 4. The molecular formula is C23H22N2O3S. The summed E-state index contributed by atoms with van der Waals surface area (Å²) >= 11 is 1.51. The fourth-order valence-electron chi connectivity index (χ4n) is 5.36. The maximum absolute atomic E-state index is 13.6. The number of ketones is 2. The molecule has 0 radical (unpaired) electrons. The lowest BCUT2D eigenvalue weighted by Gasteiger charge is -2.28. The molecule has 1 saturated carbocycles. The molecule has 1 aromatic heterocycles. The van der Waals surface area contributed by atoms with Gasteiger partial charge >= 0.3 is 0 Å². The molecule has 3 heterocycles. The van der Waals surface area contributed by atoms with E-state index in [-0.39, 0.29) is 23.6 Å². The van der Waals surface area contributed by atoms with Crippen LogP contribution in [0.1, 0.15) is 28.2 Å². The molecule has 1 unspecified atom stereocenters. The number of benzene rings is 1. The summed E-state index contributed by atoms with van der Waals surface area (Å²) in [5.41, 5.74) is 3.31. The van der Waals surface area contributed by atoms with Crippen molar-refractivity contribution in [1.82, 2.24) is 9.97 Å². The first kappa shape index (κ1) is 18.7. The molecule has 5 rings (SSSR count). The molecule has 1 saturated heterocycles. The maximum atomic E-state index is 13.6. The lowest BCUT2D eigenvalue weighted by Crippen LogP contribution is -2.40. The summed E-state index contributed by atoms with van der Waals surface area (Å²) in [6, 6.07) is 4.11. The van der Waals surface area contributed by atoms with E-state index in [1.165, 1.54) is 11.8 Å². The monoisotopic (exact) mass is 406 g/mol. The maximum Gasteiger partial charge on any atom is 0.154 e. The van der Waals surface area contributed by atoms with Crippen LogP contribution in [-0.2, 0) is 14.3 Å². The van der Waals surface area contributed by atoms with E-state index in [0.717, 1.165) is 27.3 Å². The lowest BCUT2D eigenvalue weighted by molar-refractivity contribution is -0.128. The Balaban J connectivity index is 1.49. The summed E-state index contributed by atoms with van der Waals surface area (Å²) in [5, 5.41) is 0.782. The number of thioether (sulfide) groups is 1. The van der Waals surface area contributed by atoms with Gasteiger partial charge in [-0.25, -0.2) is 4.98 Å². The number of Topliss-reactive ketones (excluding diaryl/α,β-unsaturated/α-hetero) is 2. The van der Waals surface area contributed by atoms with Gasteiger partial charge in [-0.2, -0.15) is 0 Å². The van der Waals surface area contributed by atoms with E-state index < -0.39 is 17.4 Å². The number of aromatic nitrogens is 2. The molecule has 5 nitrogen and oxygen atoms in total. The molecular weight excluding hydrogens is 384 g/mol. The third-order valence-corrected chi connectivity index (χ3v) is 7.48. The zero-order valence-corrected chi connectivity index (χ0v) is 17.4. The quantitative estimate of drug-likeness (QED) is 0.441. The smallest absolute Gasteiger partial charge is 0.154 e. The number of hydrogen-bond donors (Lipinski definition) is 0. The number of ether oxygens (including phenoxy) is 1. The standard InChI is InChI=1S/C23H22N2O3S/c1-12-8-13(2)17(14(3)9-12)19-21(26)18-15-4-5-23(28-15,20(18)22(19)27)11-29-16-10-24-6-7-25-16/h4-10,15,18-20H,11H2,1-3H3/t15-,18-,19?,20+,23-/m0/s1. The van der Waals surface area contributed by atoms with Crippen LogP contribution in [0, 0.1) is 32.6 Å². The van der Waals surface area contributed by atoms with Crippen LogP contribution in [0.2, 0.25) is 0 Å². The van der Waals surface area contributed by atoms with Crippen LogP contribution in [0.25, 0.3) is 0 Å². The van der Waals surface area contributed by atoms with Crippen molar-refractivity contribution in [3.63, 3.8) is 0 Å². The van der Waals surface area contributed by atoms with E-state index >= 15 is 0 Å². The molecule has 6 heteroatoms. The van der Waals surface area contributed by atoms with Gasteiger partial charge in [0.05, 0.1) is 24.1 Å². The molecule has 2 fully saturated rings. The van der Waals surface area contributed by atoms with E-state index in [0.29, 0.717) is 5.75 Å². The normalized spacial score (nSPS) is 32.2. The Morgan fingerprint density at radius 3 is 2.55 bits per heavy atom. The van der Waals surface area contributed by atoms with Gasteiger partial charge in [-0.3, -0.25) is 14.6 Å². The zero-order valence-electron chi connectivity index (χ0n) is 16.6. The number of nitrogens with zero attached hydrogens (tertiary/aromatic N) is 2. The molecule has 1 aliphatic carbocycles. The van der Waals surface area contributed by atoms with Crippen LogP contribution in [-0.4, -0.2) is 39.0 Å². The van der Waals surface area contributed by atoms with Crippen molar-refractivity contribution in [1.29, 1.82) is 0 Å². The van der Waals surface area contributed by atoms with Crippen LogP contribution in [0.5, 0.6) is 0 Å². The van der Waals surface area contributed by atoms with Crippen molar-refractivity contribution in [3.8, 4) is 0 Å². The summed E-state index contributed by atoms with van der Waals surface area (Å²) in [6.45, 7) is 6.02. The predicted molar refractivity (Wildman–Crippen MR) is 110 cm³/mol. The molecule has 29 heavy (non-hydrogen) atoms. The summed E-state index contributed by atoms with van der Waals surface area (Å²) in [4.78, 5) is 35.4. The summed E-state index contributed by atoms with van der Waals surface area (Å²) in [7, 11) is 0. The van der Waals surface area contributed by atoms with Gasteiger partial charge in [-0.1, -0.05) is 29.8 Å². The van der Waals surface area contributed by atoms with E-state index in [1.54, 1.807) is 18.6 Å². The van der Waals surface area contributed by atoms with Gasteiger partial charge in [0.25, 0.3) is 0 Å². The number of carbonyl (C=O) groups excluding carboxylic acids is 2. The first-order chi connectivity index (χ1) is 13.9. The average Bonchev–Trinajstić information content (AvgIpc) is 3.33. The second-order valence-corrected chi connectivity index (χ2v) is 9.28. The Bertz CT molecular complexity index is 1030. The molecule has 5 atom stereocenters. The van der Waals surface area contributed by atoms with E-state index in [4.69, 9.17) is 4.74 Å². The average molecular weight is 407 g/mol. The molecule has 1 aromatic carbocycles. The van der Waals surface area contributed by atoms with Gasteiger partial charge in [0.2, 0.25) is 0 Å². The topological polar surface area (TPSA) is 69.2 Å². The Hall–Kier alpha value is -2.31. The minimum absolute atomic E-state index is 0.00153. The Kier molecular flexibility index (Phi) is 4.26. The van der Waals surface area contributed by atoms with E-state index in [9.17, 15) is 9.59 Å². The van der Waals surface area contributed by atoms with Crippen molar-refractivity contribution in [3.05, 3.63) is 65.1 Å². The van der Waals surface area contributed by atoms with Crippen molar-refractivity contribution >= 4 is 23.3 Å². The number of carbonyl (C=O) groups is 2. The van der Waals surface area contributed by atoms with Gasteiger partial charge in [0, 0.05) is 18.1 Å². The Morgan fingerprint density at radius 2 is 1.86 bits per heavy atom. The summed E-state index contributed by atoms with van der Waals surface area (Å²) in [6.07, 6.45) is 8.62. The molecule has 0 spiro atoms. The largest absolute Gasteiger partial charge is 0.361 e. The van der Waals surface area contributed by atoms with Crippen LogP contribution in [0.3, 0.4) is 0 Å². The molecule has 148 valence electrons. The van der Waals surface area contributed by atoms with Gasteiger partial charge in [0.1, 0.15) is 16.5 Å². The number of fused-ring (bicyclic) bond motifs is 5. The number of hydrogen-bond acceptors (Lipinski definition) is 6. The summed E-state index contributed by atoms with van der Waals surface area (Å²) < 4.78 is 6.23. The second kappa shape index (κ2) is 6.61. The fourth-order valence-corrected chi connectivity index (χ4v) is 6.35. The molecule has 2 aliphatic heterocycles. The minimum Gasteiger partial charge on any atom is -0.361 e. The zero-order chi connectivity index (χ0) is 20.3. The van der Waals surface area contributed by atoms with Crippen molar-refractivity contribution < 1.29 is 14.3 Å². The molecule has 2 bridgehead atoms. The summed E-state index contributed by atoms with van der Waals surface area (Å²) in [5.74, 6) is -0.952. The highest BCUT2D eigenvalue weighted by molar-refractivity contribution is 7.99. The van der Waals surface area contributed by atoms with Gasteiger partial charge in [-0.15, -0.1) is 11.8 Å². The first-order valence-corrected chi connectivity index (χ1v) is 10.8. The molecule has 0 amide bonds. The molecule has 2 aromatic rings. The first-order valence-electron chi connectivity index (χ1n) is 9.82. The molecule has 0 N–H and O–H groups in total. The van der Waals surface area contributed by atoms with Crippen molar-refractivity contribution in [2.45, 2.75) is 43.4 Å². The third-order valence-electron chi connectivity index (χ3n) is 6.38. The fraction of sp³-hybridized carbons (Fsp3) is 0.391. The Morgan fingerprint density at radius 1 is 1.10 bits per heavy atom.